The van der Waals surface area contributed by atoms with E-state index in [2.05, 4.69) is 4.72 Å². The van der Waals surface area contributed by atoms with E-state index < -0.39 is 22.4 Å². The number of nitrogens with zero attached hydrogens (tertiary/aromatic N) is 1. The topological polar surface area (TPSA) is 95.7 Å². The summed E-state index contributed by atoms with van der Waals surface area (Å²) in [4.78, 5) is 0. The van der Waals surface area contributed by atoms with Crippen molar-refractivity contribution in [2.45, 2.75) is 51.3 Å². The maximum absolute atomic E-state index is 12.0. The van der Waals surface area contributed by atoms with E-state index in [9.17, 15) is 13.5 Å². The SMILES string of the molecule is CC(O)C(N)CNS(=O)(=O)N1CCCCC1C. The number of piperidine rings is 1. The van der Waals surface area contributed by atoms with Gasteiger partial charge in [0.1, 0.15) is 0 Å². The second-order valence-corrected chi connectivity index (χ2v) is 6.42. The van der Waals surface area contributed by atoms with Crippen LogP contribution in [-0.4, -0.2) is 49.1 Å². The van der Waals surface area contributed by atoms with Gasteiger partial charge in [0.25, 0.3) is 10.2 Å². The standard InChI is InChI=1S/C10H23N3O3S/c1-8-5-3-4-6-13(8)17(15,16)12-7-10(11)9(2)14/h8-10,12,14H,3-7,11H2,1-2H3. The van der Waals surface area contributed by atoms with Crippen molar-refractivity contribution in [1.82, 2.24) is 9.03 Å². The molecule has 3 atom stereocenters. The van der Waals surface area contributed by atoms with Crippen LogP contribution in [0.15, 0.2) is 0 Å². The van der Waals surface area contributed by atoms with Crippen molar-refractivity contribution in [3.63, 3.8) is 0 Å². The fraction of sp³-hybridized carbons (Fsp3) is 1.00. The van der Waals surface area contributed by atoms with Crippen LogP contribution in [0.5, 0.6) is 0 Å². The molecular weight excluding hydrogens is 242 g/mol. The van der Waals surface area contributed by atoms with Gasteiger partial charge in [0.2, 0.25) is 0 Å². The Labute approximate surface area is 103 Å². The number of hydrogen-bond acceptors (Lipinski definition) is 4. The highest BCUT2D eigenvalue weighted by Gasteiger charge is 2.29. The van der Waals surface area contributed by atoms with E-state index in [1.54, 1.807) is 6.92 Å². The smallest absolute Gasteiger partial charge is 0.279 e. The van der Waals surface area contributed by atoms with Crippen molar-refractivity contribution in [3.8, 4) is 0 Å². The van der Waals surface area contributed by atoms with Crippen molar-refractivity contribution in [1.29, 1.82) is 0 Å². The lowest BCUT2D eigenvalue weighted by Gasteiger charge is -2.32. The fourth-order valence-electron chi connectivity index (χ4n) is 1.88. The molecule has 1 heterocycles. The second kappa shape index (κ2) is 6.10. The minimum Gasteiger partial charge on any atom is -0.392 e. The molecule has 4 N–H and O–H groups in total. The molecule has 0 aromatic rings. The Bertz CT molecular complexity index is 332. The van der Waals surface area contributed by atoms with E-state index >= 15 is 0 Å². The van der Waals surface area contributed by atoms with Gasteiger partial charge >= 0.3 is 0 Å². The molecule has 7 heteroatoms. The molecule has 1 aliphatic heterocycles. The maximum Gasteiger partial charge on any atom is 0.279 e. The van der Waals surface area contributed by atoms with Gasteiger partial charge in [0, 0.05) is 25.2 Å². The number of hydrogen-bond donors (Lipinski definition) is 3. The molecule has 0 radical (unpaired) electrons. The molecular formula is C10H23N3O3S. The lowest BCUT2D eigenvalue weighted by Crippen LogP contribution is -2.51. The lowest BCUT2D eigenvalue weighted by molar-refractivity contribution is 0.164. The highest BCUT2D eigenvalue weighted by atomic mass is 32.2. The lowest BCUT2D eigenvalue weighted by atomic mass is 10.1. The molecule has 0 aliphatic carbocycles. The Morgan fingerprint density at radius 1 is 1.53 bits per heavy atom. The summed E-state index contributed by atoms with van der Waals surface area (Å²) in [6.45, 7) is 4.07. The molecule has 1 saturated heterocycles. The van der Waals surface area contributed by atoms with Gasteiger partial charge < -0.3 is 10.8 Å². The van der Waals surface area contributed by atoms with Crippen LogP contribution in [0.2, 0.25) is 0 Å². The van der Waals surface area contributed by atoms with Crippen LogP contribution >= 0.6 is 0 Å². The van der Waals surface area contributed by atoms with E-state index in [4.69, 9.17) is 5.73 Å². The van der Waals surface area contributed by atoms with Crippen LogP contribution in [-0.2, 0) is 10.2 Å². The molecule has 1 fully saturated rings. The molecule has 1 aliphatic rings. The first-order chi connectivity index (χ1) is 7.84. The van der Waals surface area contributed by atoms with E-state index in [1.165, 1.54) is 4.31 Å². The molecule has 3 unspecified atom stereocenters. The van der Waals surface area contributed by atoms with Crippen LogP contribution in [0, 0.1) is 0 Å². The average Bonchev–Trinajstić information content (AvgIpc) is 2.26. The molecule has 0 spiro atoms. The molecule has 6 nitrogen and oxygen atoms in total. The van der Waals surface area contributed by atoms with Gasteiger partial charge in [0.15, 0.2) is 0 Å². The Morgan fingerprint density at radius 2 is 2.18 bits per heavy atom. The zero-order valence-electron chi connectivity index (χ0n) is 10.5. The molecule has 102 valence electrons. The van der Waals surface area contributed by atoms with Crippen LogP contribution < -0.4 is 10.5 Å². The van der Waals surface area contributed by atoms with E-state index in [0.717, 1.165) is 19.3 Å². The van der Waals surface area contributed by atoms with E-state index in [0.29, 0.717) is 6.54 Å². The number of aliphatic hydroxyl groups is 1. The Balaban J connectivity index is 2.55. The summed E-state index contributed by atoms with van der Waals surface area (Å²) in [6.07, 6.45) is 2.13. The van der Waals surface area contributed by atoms with Crippen molar-refractivity contribution in [3.05, 3.63) is 0 Å². The third-order valence-corrected chi connectivity index (χ3v) is 4.86. The molecule has 0 amide bonds. The summed E-state index contributed by atoms with van der Waals surface area (Å²) in [5, 5.41) is 9.21. The number of aliphatic hydroxyl groups excluding tert-OH is 1. The zero-order valence-corrected chi connectivity index (χ0v) is 11.3. The number of nitrogens with two attached hydrogens (primary N) is 1. The van der Waals surface area contributed by atoms with Gasteiger partial charge in [-0.2, -0.15) is 12.7 Å². The monoisotopic (exact) mass is 265 g/mol. The molecule has 0 aromatic carbocycles. The summed E-state index contributed by atoms with van der Waals surface area (Å²) >= 11 is 0. The van der Waals surface area contributed by atoms with Crippen molar-refractivity contribution in [2.75, 3.05) is 13.1 Å². The Morgan fingerprint density at radius 3 is 2.71 bits per heavy atom. The average molecular weight is 265 g/mol. The predicted molar refractivity (Wildman–Crippen MR) is 66.6 cm³/mol. The van der Waals surface area contributed by atoms with Crippen molar-refractivity contribution in [2.24, 2.45) is 5.73 Å². The summed E-state index contributed by atoms with van der Waals surface area (Å²) in [6, 6.07) is -0.547. The van der Waals surface area contributed by atoms with Crippen LogP contribution in [0.1, 0.15) is 33.1 Å². The van der Waals surface area contributed by atoms with Gasteiger partial charge in [-0.1, -0.05) is 6.42 Å². The summed E-state index contributed by atoms with van der Waals surface area (Å²) < 4.78 is 27.9. The first-order valence-corrected chi connectivity index (χ1v) is 7.48. The summed E-state index contributed by atoms with van der Waals surface area (Å²) in [5.41, 5.74) is 5.59. The van der Waals surface area contributed by atoms with Gasteiger partial charge in [-0.05, 0) is 26.7 Å². The molecule has 0 saturated carbocycles. The number of nitrogens with one attached hydrogen (secondary N) is 1. The fourth-order valence-corrected chi connectivity index (χ4v) is 3.40. The van der Waals surface area contributed by atoms with Gasteiger partial charge in [-0.3, -0.25) is 0 Å². The molecule has 0 aromatic heterocycles. The van der Waals surface area contributed by atoms with Crippen LogP contribution in [0.25, 0.3) is 0 Å². The van der Waals surface area contributed by atoms with Crippen molar-refractivity contribution >= 4 is 10.2 Å². The van der Waals surface area contributed by atoms with Crippen molar-refractivity contribution < 1.29 is 13.5 Å². The van der Waals surface area contributed by atoms with Crippen LogP contribution in [0.4, 0.5) is 0 Å². The third-order valence-electron chi connectivity index (χ3n) is 3.17. The predicted octanol–water partition coefficient (Wildman–Crippen LogP) is -0.597. The molecule has 0 bridgehead atoms. The van der Waals surface area contributed by atoms with Gasteiger partial charge in [0.05, 0.1) is 6.10 Å². The first kappa shape index (κ1) is 14.8. The van der Waals surface area contributed by atoms with Gasteiger partial charge in [-0.15, -0.1) is 0 Å². The first-order valence-electron chi connectivity index (χ1n) is 6.04. The zero-order chi connectivity index (χ0) is 13.1. The second-order valence-electron chi connectivity index (χ2n) is 4.71. The Hall–Kier alpha value is -0.210. The van der Waals surface area contributed by atoms with E-state index in [-0.39, 0.29) is 12.6 Å². The van der Waals surface area contributed by atoms with Gasteiger partial charge in [-0.25, -0.2) is 4.72 Å². The highest BCUT2D eigenvalue weighted by molar-refractivity contribution is 7.87. The highest BCUT2D eigenvalue weighted by Crippen LogP contribution is 2.18. The molecule has 17 heavy (non-hydrogen) atoms. The normalized spacial score (nSPS) is 26.7. The Kier molecular flexibility index (Phi) is 5.33. The minimum absolute atomic E-state index is 0.0315. The quantitative estimate of drug-likeness (QED) is 0.619. The largest absolute Gasteiger partial charge is 0.392 e. The van der Waals surface area contributed by atoms with Crippen LogP contribution in [0.3, 0.4) is 0 Å². The summed E-state index contributed by atoms with van der Waals surface area (Å²) in [5.74, 6) is 0. The summed E-state index contributed by atoms with van der Waals surface area (Å²) in [7, 11) is -3.47. The maximum atomic E-state index is 12.0. The molecule has 1 rings (SSSR count). The third kappa shape index (κ3) is 4.18. The van der Waals surface area contributed by atoms with E-state index in [1.807, 2.05) is 6.92 Å². The minimum atomic E-state index is -3.47. The number of rotatable bonds is 5.